The summed E-state index contributed by atoms with van der Waals surface area (Å²) in [5.74, 6) is 0. The van der Waals surface area contributed by atoms with Gasteiger partial charge in [-0.25, -0.2) is 5.10 Å². The SMILES string of the molecule is S=c1[nH]nc(N2CCCC2)o1. The molecule has 4 nitrogen and oxygen atoms in total. The highest BCUT2D eigenvalue weighted by atomic mass is 32.1. The van der Waals surface area contributed by atoms with Crippen molar-refractivity contribution in [1.82, 2.24) is 10.2 Å². The average Bonchev–Trinajstić information content (AvgIpc) is 2.55. The van der Waals surface area contributed by atoms with Gasteiger partial charge in [0.05, 0.1) is 0 Å². The molecule has 0 atom stereocenters. The van der Waals surface area contributed by atoms with Crippen molar-refractivity contribution in [3.63, 3.8) is 0 Å². The molecule has 1 aliphatic rings. The Bertz CT molecular complexity index is 286. The summed E-state index contributed by atoms with van der Waals surface area (Å²) in [6.45, 7) is 2.06. The van der Waals surface area contributed by atoms with E-state index >= 15 is 0 Å². The fourth-order valence-corrected chi connectivity index (χ4v) is 1.39. The molecule has 1 aromatic heterocycles. The van der Waals surface area contributed by atoms with E-state index in [1.807, 2.05) is 0 Å². The molecule has 0 aromatic carbocycles. The van der Waals surface area contributed by atoms with Crippen LogP contribution in [-0.2, 0) is 0 Å². The van der Waals surface area contributed by atoms with E-state index < -0.39 is 0 Å². The summed E-state index contributed by atoms with van der Waals surface area (Å²) >= 11 is 4.76. The molecule has 1 saturated heterocycles. The number of H-pyrrole nitrogens is 1. The first kappa shape index (κ1) is 6.84. The predicted octanol–water partition coefficient (Wildman–Crippen LogP) is 1.33. The number of nitrogens with zero attached hydrogens (tertiary/aromatic N) is 2. The third-order valence-electron chi connectivity index (χ3n) is 1.80. The van der Waals surface area contributed by atoms with Crippen LogP contribution in [0.4, 0.5) is 6.01 Å². The van der Waals surface area contributed by atoms with Crippen molar-refractivity contribution in [3.05, 3.63) is 4.84 Å². The quantitative estimate of drug-likeness (QED) is 0.647. The smallest absolute Gasteiger partial charge is 0.317 e. The Morgan fingerprint density at radius 3 is 2.73 bits per heavy atom. The van der Waals surface area contributed by atoms with Crippen molar-refractivity contribution in [2.75, 3.05) is 18.0 Å². The van der Waals surface area contributed by atoms with Crippen LogP contribution in [0.2, 0.25) is 0 Å². The van der Waals surface area contributed by atoms with Gasteiger partial charge < -0.3 is 9.32 Å². The van der Waals surface area contributed by atoms with Crippen molar-refractivity contribution in [2.45, 2.75) is 12.8 Å². The Balaban J connectivity index is 2.21. The molecule has 1 aromatic rings. The topological polar surface area (TPSA) is 45.1 Å². The lowest BCUT2D eigenvalue weighted by atomic mass is 10.4. The summed E-state index contributed by atoms with van der Waals surface area (Å²) in [5.41, 5.74) is 0. The van der Waals surface area contributed by atoms with E-state index in [1.54, 1.807) is 0 Å². The molecule has 0 saturated carbocycles. The Hall–Kier alpha value is -0.840. The highest BCUT2D eigenvalue weighted by Gasteiger charge is 2.15. The van der Waals surface area contributed by atoms with Crippen LogP contribution in [-0.4, -0.2) is 23.3 Å². The van der Waals surface area contributed by atoms with E-state index in [1.165, 1.54) is 12.8 Å². The third kappa shape index (κ3) is 1.28. The summed E-state index contributed by atoms with van der Waals surface area (Å²) in [6.07, 6.45) is 2.43. The highest BCUT2D eigenvalue weighted by molar-refractivity contribution is 7.71. The van der Waals surface area contributed by atoms with E-state index in [2.05, 4.69) is 15.1 Å². The van der Waals surface area contributed by atoms with Gasteiger partial charge in [-0.1, -0.05) is 0 Å². The minimum atomic E-state index is 0.354. The minimum Gasteiger partial charge on any atom is -0.396 e. The van der Waals surface area contributed by atoms with Crippen molar-refractivity contribution >= 4 is 18.2 Å². The molecule has 0 bridgehead atoms. The van der Waals surface area contributed by atoms with Crippen LogP contribution in [0.25, 0.3) is 0 Å². The van der Waals surface area contributed by atoms with Gasteiger partial charge in [-0.05, 0) is 25.1 Å². The zero-order valence-electron chi connectivity index (χ0n) is 6.04. The van der Waals surface area contributed by atoms with Gasteiger partial charge in [0.25, 0.3) is 4.84 Å². The Labute approximate surface area is 69.2 Å². The molecule has 0 amide bonds. The van der Waals surface area contributed by atoms with Gasteiger partial charge in [0, 0.05) is 13.1 Å². The van der Waals surface area contributed by atoms with Crippen LogP contribution in [0.1, 0.15) is 12.8 Å². The maximum absolute atomic E-state index is 5.14. The van der Waals surface area contributed by atoms with Gasteiger partial charge in [-0.3, -0.25) is 0 Å². The monoisotopic (exact) mass is 171 g/mol. The second-order valence-electron chi connectivity index (χ2n) is 2.59. The average molecular weight is 171 g/mol. The van der Waals surface area contributed by atoms with E-state index in [4.69, 9.17) is 16.6 Å². The van der Waals surface area contributed by atoms with Crippen molar-refractivity contribution < 1.29 is 4.42 Å². The first-order chi connectivity index (χ1) is 5.36. The first-order valence-corrected chi connectivity index (χ1v) is 4.07. The predicted molar refractivity (Wildman–Crippen MR) is 43.1 cm³/mol. The maximum atomic E-state index is 5.14. The van der Waals surface area contributed by atoms with Crippen LogP contribution in [0.3, 0.4) is 0 Å². The zero-order valence-corrected chi connectivity index (χ0v) is 6.86. The zero-order chi connectivity index (χ0) is 7.68. The van der Waals surface area contributed by atoms with Gasteiger partial charge >= 0.3 is 6.01 Å². The Morgan fingerprint density at radius 2 is 2.18 bits per heavy atom. The summed E-state index contributed by atoms with van der Waals surface area (Å²) in [7, 11) is 0. The minimum absolute atomic E-state index is 0.354. The number of nitrogens with one attached hydrogen (secondary N) is 1. The molecule has 0 aliphatic carbocycles. The molecule has 1 aliphatic heterocycles. The molecule has 0 unspecified atom stereocenters. The van der Waals surface area contributed by atoms with E-state index in [0.29, 0.717) is 10.9 Å². The highest BCUT2D eigenvalue weighted by Crippen LogP contribution is 2.16. The molecule has 0 radical (unpaired) electrons. The number of hydrogen-bond donors (Lipinski definition) is 1. The standard InChI is InChI=1S/C6H9N3OS/c11-6-8-7-5(10-6)9-3-1-2-4-9/h1-4H2,(H,8,11). The van der Waals surface area contributed by atoms with E-state index in [0.717, 1.165) is 13.1 Å². The van der Waals surface area contributed by atoms with Gasteiger partial charge in [-0.15, -0.1) is 5.10 Å². The third-order valence-corrected chi connectivity index (χ3v) is 1.98. The Morgan fingerprint density at radius 1 is 1.45 bits per heavy atom. The molecule has 0 spiro atoms. The van der Waals surface area contributed by atoms with Gasteiger partial charge in [0.15, 0.2) is 0 Å². The number of aromatic nitrogens is 2. The fraction of sp³-hybridized carbons (Fsp3) is 0.667. The molecule has 11 heavy (non-hydrogen) atoms. The van der Waals surface area contributed by atoms with Crippen molar-refractivity contribution in [1.29, 1.82) is 0 Å². The van der Waals surface area contributed by atoms with Crippen LogP contribution in [0.15, 0.2) is 4.42 Å². The molecule has 2 heterocycles. The van der Waals surface area contributed by atoms with Crippen molar-refractivity contribution in [2.24, 2.45) is 0 Å². The number of anilines is 1. The lowest BCUT2D eigenvalue weighted by Gasteiger charge is -2.09. The van der Waals surface area contributed by atoms with Crippen LogP contribution < -0.4 is 4.90 Å². The normalized spacial score (nSPS) is 17.6. The lowest BCUT2D eigenvalue weighted by molar-refractivity contribution is 0.529. The molecule has 2 rings (SSSR count). The second kappa shape index (κ2) is 2.65. The van der Waals surface area contributed by atoms with Crippen LogP contribution >= 0.6 is 12.2 Å². The summed E-state index contributed by atoms with van der Waals surface area (Å²) in [5, 5.41) is 6.53. The largest absolute Gasteiger partial charge is 0.396 e. The number of hydrogen-bond acceptors (Lipinski definition) is 4. The van der Waals surface area contributed by atoms with Crippen LogP contribution in [0, 0.1) is 4.84 Å². The van der Waals surface area contributed by atoms with Gasteiger partial charge in [0.2, 0.25) is 0 Å². The van der Waals surface area contributed by atoms with E-state index in [-0.39, 0.29) is 0 Å². The summed E-state index contributed by atoms with van der Waals surface area (Å²) < 4.78 is 5.14. The second-order valence-corrected chi connectivity index (χ2v) is 2.96. The fourth-order valence-electron chi connectivity index (χ4n) is 1.27. The molecular formula is C6H9N3OS. The summed E-state index contributed by atoms with van der Waals surface area (Å²) in [4.78, 5) is 2.44. The summed E-state index contributed by atoms with van der Waals surface area (Å²) in [6, 6.07) is 0.632. The Kier molecular flexibility index (Phi) is 1.65. The number of rotatable bonds is 1. The van der Waals surface area contributed by atoms with Gasteiger partial charge in [-0.2, -0.15) is 0 Å². The first-order valence-electron chi connectivity index (χ1n) is 3.67. The molecular weight excluding hydrogens is 162 g/mol. The molecule has 1 N–H and O–H groups in total. The van der Waals surface area contributed by atoms with E-state index in [9.17, 15) is 0 Å². The molecule has 5 heteroatoms. The maximum Gasteiger partial charge on any atom is 0.317 e. The number of aromatic amines is 1. The molecule has 1 fully saturated rings. The van der Waals surface area contributed by atoms with Gasteiger partial charge in [0.1, 0.15) is 0 Å². The molecule has 60 valence electrons. The van der Waals surface area contributed by atoms with Crippen LogP contribution in [0.5, 0.6) is 0 Å². The van der Waals surface area contributed by atoms with Crippen molar-refractivity contribution in [3.8, 4) is 0 Å². The lowest BCUT2D eigenvalue weighted by Crippen LogP contribution is -2.17.